The molecule has 0 spiro atoms. The Morgan fingerprint density at radius 3 is 2.00 bits per heavy atom. The van der Waals surface area contributed by atoms with Gasteiger partial charge in [0, 0.05) is 0 Å². The van der Waals surface area contributed by atoms with E-state index in [-0.39, 0.29) is 0 Å². The predicted molar refractivity (Wildman–Crippen MR) is 104 cm³/mol. The fourth-order valence-electron chi connectivity index (χ4n) is 5.11. The summed E-state index contributed by atoms with van der Waals surface area (Å²) in [5, 5.41) is 0. The molecule has 0 radical (unpaired) electrons. The van der Waals surface area contributed by atoms with Gasteiger partial charge in [0.1, 0.15) is 0 Å². The average molecular weight is 321 g/mol. The van der Waals surface area contributed by atoms with Crippen LogP contribution in [0.25, 0.3) is 0 Å². The van der Waals surface area contributed by atoms with E-state index in [9.17, 15) is 0 Å². The van der Waals surface area contributed by atoms with Crippen molar-refractivity contribution in [2.24, 2.45) is 17.3 Å². The van der Waals surface area contributed by atoms with Gasteiger partial charge in [0.2, 0.25) is 0 Å². The molecule has 0 nitrogen and oxygen atoms in total. The molecule has 24 heavy (non-hydrogen) atoms. The van der Waals surface area contributed by atoms with Crippen LogP contribution >= 0.6 is 0 Å². The lowest BCUT2D eigenvalue weighted by Gasteiger charge is -2.57. The number of hydrogen-bond acceptors (Lipinski definition) is 0. The normalized spacial score (nSPS) is 28.8. The van der Waals surface area contributed by atoms with Gasteiger partial charge in [0.15, 0.2) is 0 Å². The van der Waals surface area contributed by atoms with Crippen molar-refractivity contribution in [1.82, 2.24) is 0 Å². The van der Waals surface area contributed by atoms with E-state index in [1.54, 1.807) is 0 Å². The SMILES string of the molecule is CCC(c1ccccc1)C1CC(C)C1(C)C[C@@H](C)c1ccccc1. The molecule has 128 valence electrons. The second kappa shape index (κ2) is 7.13. The van der Waals surface area contributed by atoms with Crippen LogP contribution in [-0.4, -0.2) is 0 Å². The third kappa shape index (κ3) is 3.16. The van der Waals surface area contributed by atoms with Gasteiger partial charge >= 0.3 is 0 Å². The van der Waals surface area contributed by atoms with Crippen molar-refractivity contribution in [3.05, 3.63) is 71.8 Å². The first kappa shape index (κ1) is 17.3. The van der Waals surface area contributed by atoms with E-state index < -0.39 is 0 Å². The Bertz CT molecular complexity index is 630. The Hall–Kier alpha value is -1.56. The summed E-state index contributed by atoms with van der Waals surface area (Å²) >= 11 is 0. The minimum absolute atomic E-state index is 0.450. The van der Waals surface area contributed by atoms with Crippen LogP contribution in [0.2, 0.25) is 0 Å². The van der Waals surface area contributed by atoms with Crippen molar-refractivity contribution < 1.29 is 0 Å². The fraction of sp³-hybridized carbons (Fsp3) is 0.500. The topological polar surface area (TPSA) is 0 Å². The van der Waals surface area contributed by atoms with Gasteiger partial charge in [-0.3, -0.25) is 0 Å². The van der Waals surface area contributed by atoms with Gasteiger partial charge in [0.25, 0.3) is 0 Å². The Morgan fingerprint density at radius 2 is 1.50 bits per heavy atom. The summed E-state index contributed by atoms with van der Waals surface area (Å²) in [6.45, 7) is 9.79. The number of benzene rings is 2. The average Bonchev–Trinajstić information content (AvgIpc) is 2.63. The lowest BCUT2D eigenvalue weighted by Crippen LogP contribution is -2.49. The Kier molecular flexibility index (Phi) is 5.13. The molecule has 1 saturated carbocycles. The smallest absolute Gasteiger partial charge is 0.0131 e. The largest absolute Gasteiger partial charge is 0.0648 e. The third-order valence-electron chi connectivity index (χ3n) is 6.85. The van der Waals surface area contributed by atoms with Crippen LogP contribution in [0.3, 0.4) is 0 Å². The summed E-state index contributed by atoms with van der Waals surface area (Å²) in [6, 6.07) is 22.3. The molecule has 0 amide bonds. The van der Waals surface area contributed by atoms with Gasteiger partial charge in [-0.25, -0.2) is 0 Å². The van der Waals surface area contributed by atoms with Crippen LogP contribution < -0.4 is 0 Å². The molecule has 0 heterocycles. The molecular formula is C24H32. The minimum atomic E-state index is 0.450. The van der Waals surface area contributed by atoms with Gasteiger partial charge in [-0.2, -0.15) is 0 Å². The third-order valence-corrected chi connectivity index (χ3v) is 6.85. The van der Waals surface area contributed by atoms with Crippen molar-refractivity contribution in [2.75, 3.05) is 0 Å². The lowest BCUT2D eigenvalue weighted by molar-refractivity contribution is -0.0556. The van der Waals surface area contributed by atoms with Crippen LogP contribution in [0.15, 0.2) is 60.7 Å². The monoisotopic (exact) mass is 320 g/mol. The molecule has 1 aliphatic carbocycles. The highest BCUT2D eigenvalue weighted by Crippen LogP contribution is 2.61. The highest BCUT2D eigenvalue weighted by Gasteiger charge is 2.52. The van der Waals surface area contributed by atoms with Crippen molar-refractivity contribution in [1.29, 1.82) is 0 Å². The zero-order valence-corrected chi connectivity index (χ0v) is 15.7. The maximum absolute atomic E-state index is 2.55. The molecule has 0 bridgehead atoms. The molecular weight excluding hydrogens is 288 g/mol. The maximum atomic E-state index is 2.55. The zero-order valence-electron chi connectivity index (χ0n) is 15.7. The van der Waals surface area contributed by atoms with E-state index in [1.807, 2.05) is 0 Å². The van der Waals surface area contributed by atoms with Crippen molar-refractivity contribution in [3.63, 3.8) is 0 Å². The van der Waals surface area contributed by atoms with E-state index in [0.29, 0.717) is 17.3 Å². The first-order valence-corrected chi connectivity index (χ1v) is 9.66. The number of rotatable bonds is 6. The first-order chi connectivity index (χ1) is 11.6. The molecule has 5 atom stereocenters. The summed E-state index contributed by atoms with van der Waals surface area (Å²) in [5.74, 6) is 2.97. The molecule has 0 aromatic heterocycles. The molecule has 0 N–H and O–H groups in total. The number of hydrogen-bond donors (Lipinski definition) is 0. The van der Waals surface area contributed by atoms with Gasteiger partial charge in [-0.1, -0.05) is 88.4 Å². The first-order valence-electron chi connectivity index (χ1n) is 9.66. The van der Waals surface area contributed by atoms with Gasteiger partial charge < -0.3 is 0 Å². The van der Waals surface area contributed by atoms with Crippen molar-refractivity contribution in [2.45, 2.75) is 58.8 Å². The summed E-state index contributed by atoms with van der Waals surface area (Å²) < 4.78 is 0. The lowest BCUT2D eigenvalue weighted by atomic mass is 9.47. The van der Waals surface area contributed by atoms with Crippen LogP contribution in [0.5, 0.6) is 0 Å². The second-order valence-electron chi connectivity index (χ2n) is 8.19. The molecule has 0 saturated heterocycles. The highest BCUT2D eigenvalue weighted by molar-refractivity contribution is 5.24. The molecule has 2 aromatic carbocycles. The van der Waals surface area contributed by atoms with Gasteiger partial charge in [0.05, 0.1) is 0 Å². The highest BCUT2D eigenvalue weighted by atomic mass is 14.6. The molecule has 0 aliphatic heterocycles. The van der Waals surface area contributed by atoms with Gasteiger partial charge in [-0.15, -0.1) is 0 Å². The molecule has 0 heteroatoms. The molecule has 1 fully saturated rings. The Labute approximate surface area is 148 Å². The summed E-state index contributed by atoms with van der Waals surface area (Å²) in [5.41, 5.74) is 3.48. The van der Waals surface area contributed by atoms with Crippen LogP contribution in [-0.2, 0) is 0 Å². The summed E-state index contributed by atoms with van der Waals surface area (Å²) in [4.78, 5) is 0. The summed E-state index contributed by atoms with van der Waals surface area (Å²) in [7, 11) is 0. The molecule has 4 unspecified atom stereocenters. The zero-order chi connectivity index (χ0) is 17.2. The molecule has 2 aromatic rings. The van der Waals surface area contributed by atoms with E-state index in [0.717, 1.165) is 11.8 Å². The van der Waals surface area contributed by atoms with Gasteiger partial charge in [-0.05, 0) is 59.5 Å². The fourth-order valence-corrected chi connectivity index (χ4v) is 5.11. The van der Waals surface area contributed by atoms with Crippen LogP contribution in [0, 0.1) is 17.3 Å². The van der Waals surface area contributed by atoms with E-state index in [4.69, 9.17) is 0 Å². The standard InChI is InChI=1S/C24H32/c1-5-22(21-14-10-7-11-15-21)23-16-19(3)24(23,4)17-18(2)20-12-8-6-9-13-20/h6-15,18-19,22-23H,5,16-17H2,1-4H3/t18-,19?,22?,23?,24?/m1/s1. The van der Waals surface area contributed by atoms with Crippen LogP contribution in [0.4, 0.5) is 0 Å². The summed E-state index contributed by atoms with van der Waals surface area (Å²) in [6.07, 6.45) is 3.92. The quantitative estimate of drug-likeness (QED) is 0.535. The second-order valence-corrected chi connectivity index (χ2v) is 8.19. The maximum Gasteiger partial charge on any atom is -0.0131 e. The Morgan fingerprint density at radius 1 is 0.958 bits per heavy atom. The van der Waals surface area contributed by atoms with Crippen LogP contribution in [0.1, 0.15) is 69.9 Å². The molecule has 3 rings (SSSR count). The Balaban J connectivity index is 1.80. The molecule has 1 aliphatic rings. The van der Waals surface area contributed by atoms with E-state index in [2.05, 4.69) is 88.4 Å². The minimum Gasteiger partial charge on any atom is -0.0648 e. The van der Waals surface area contributed by atoms with E-state index in [1.165, 1.54) is 30.4 Å². The predicted octanol–water partition coefficient (Wildman–Crippen LogP) is 7.04. The van der Waals surface area contributed by atoms with Crippen molar-refractivity contribution in [3.8, 4) is 0 Å². The van der Waals surface area contributed by atoms with Crippen molar-refractivity contribution >= 4 is 0 Å². The van der Waals surface area contributed by atoms with E-state index >= 15 is 0 Å².